The first kappa shape index (κ1) is 24.1. The van der Waals surface area contributed by atoms with Crippen LogP contribution >= 0.6 is 22.2 Å². The van der Waals surface area contributed by atoms with E-state index in [0.717, 1.165) is 6.07 Å². The fraction of sp³-hybridized carbons (Fsp3) is 0.286. The van der Waals surface area contributed by atoms with E-state index >= 15 is 0 Å². The van der Waals surface area contributed by atoms with Crippen molar-refractivity contribution < 1.29 is 22.7 Å². The number of nitrogens with one attached hydrogen (secondary N) is 1. The van der Waals surface area contributed by atoms with E-state index < -0.39 is 45.0 Å². The van der Waals surface area contributed by atoms with Gasteiger partial charge in [0, 0.05) is 23.0 Å². The predicted molar refractivity (Wildman–Crippen MR) is 125 cm³/mol. The summed E-state index contributed by atoms with van der Waals surface area (Å²) in [5, 5.41) is 2.89. The standard InChI is InChI=1S/C21H23ClF2N4O3S/c1-4-12-7-13(22)9-26-17(12)18(29)27-14-5-6-16(24)15(8-14)21(10-23)11-32(30,31)20(2,3)19(25)28-21/h4-9,30-31H,1,10-11H2,2-3H3,(H2,25,28)(H,27,29). The van der Waals surface area contributed by atoms with Gasteiger partial charge in [-0.2, -0.15) is 10.6 Å². The third kappa shape index (κ3) is 4.11. The molecule has 11 heteroatoms. The van der Waals surface area contributed by atoms with Crippen molar-refractivity contribution in [3.63, 3.8) is 0 Å². The Balaban J connectivity index is 2.03. The fourth-order valence-electron chi connectivity index (χ4n) is 3.31. The van der Waals surface area contributed by atoms with Crippen molar-refractivity contribution >= 4 is 45.7 Å². The van der Waals surface area contributed by atoms with Crippen LogP contribution in [-0.4, -0.2) is 43.0 Å². The molecule has 1 atom stereocenters. The number of nitrogens with two attached hydrogens (primary N) is 1. The van der Waals surface area contributed by atoms with E-state index in [-0.39, 0.29) is 22.8 Å². The van der Waals surface area contributed by atoms with Gasteiger partial charge in [0.15, 0.2) is 0 Å². The Kier molecular flexibility index (Phi) is 6.36. The molecule has 0 spiro atoms. The predicted octanol–water partition coefficient (Wildman–Crippen LogP) is 4.83. The van der Waals surface area contributed by atoms with E-state index in [4.69, 9.17) is 17.3 Å². The van der Waals surface area contributed by atoms with Gasteiger partial charge >= 0.3 is 0 Å². The smallest absolute Gasteiger partial charge is 0.274 e. The van der Waals surface area contributed by atoms with Gasteiger partial charge < -0.3 is 11.1 Å². The molecule has 0 aliphatic carbocycles. The van der Waals surface area contributed by atoms with Crippen molar-refractivity contribution in [1.29, 1.82) is 0 Å². The lowest BCUT2D eigenvalue weighted by molar-refractivity contribution is 0.102. The number of carbonyl (C=O) groups is 1. The number of anilines is 1. The highest BCUT2D eigenvalue weighted by atomic mass is 35.5. The summed E-state index contributed by atoms with van der Waals surface area (Å²) in [6, 6.07) is 5.02. The van der Waals surface area contributed by atoms with Gasteiger partial charge in [-0.15, -0.1) is 0 Å². The molecule has 1 aliphatic rings. The molecule has 0 fully saturated rings. The third-order valence-electron chi connectivity index (χ3n) is 5.47. The molecule has 1 unspecified atom stereocenters. The van der Waals surface area contributed by atoms with Crippen LogP contribution in [0.15, 0.2) is 42.0 Å². The third-order valence-corrected chi connectivity index (χ3v) is 8.40. The van der Waals surface area contributed by atoms with Gasteiger partial charge in [0.05, 0.1) is 10.8 Å². The average Bonchev–Trinajstić information content (AvgIpc) is 2.73. The van der Waals surface area contributed by atoms with Crippen LogP contribution in [0.4, 0.5) is 14.5 Å². The number of pyridine rings is 1. The van der Waals surface area contributed by atoms with Gasteiger partial charge in [0.25, 0.3) is 5.91 Å². The van der Waals surface area contributed by atoms with E-state index in [1.54, 1.807) is 0 Å². The van der Waals surface area contributed by atoms with Gasteiger partial charge in [0.1, 0.15) is 34.3 Å². The number of hydrogen-bond donors (Lipinski definition) is 4. The number of amidine groups is 1. The number of rotatable bonds is 5. The van der Waals surface area contributed by atoms with E-state index in [1.165, 1.54) is 44.3 Å². The lowest BCUT2D eigenvalue weighted by atomic mass is 9.92. The zero-order chi connectivity index (χ0) is 23.9. The quantitative estimate of drug-likeness (QED) is 0.484. The molecular formula is C21H23ClF2N4O3S. The summed E-state index contributed by atoms with van der Waals surface area (Å²) in [5.41, 5.74) is 4.27. The zero-order valence-electron chi connectivity index (χ0n) is 17.4. The molecule has 7 nitrogen and oxygen atoms in total. The molecule has 1 amide bonds. The minimum atomic E-state index is -3.47. The lowest BCUT2D eigenvalue weighted by Crippen LogP contribution is -2.53. The van der Waals surface area contributed by atoms with Crippen molar-refractivity contribution in [2.75, 3.05) is 17.7 Å². The highest BCUT2D eigenvalue weighted by Gasteiger charge is 2.51. The molecule has 0 bridgehead atoms. The van der Waals surface area contributed by atoms with Crippen LogP contribution in [0, 0.1) is 5.82 Å². The number of hydrogen-bond acceptors (Lipinski definition) is 6. The minimum absolute atomic E-state index is 0.0336. The molecular weight excluding hydrogens is 462 g/mol. The summed E-state index contributed by atoms with van der Waals surface area (Å²) in [5.74, 6) is -2.21. The Hall–Kier alpha value is -2.53. The SMILES string of the molecule is C=Cc1cc(Cl)cnc1C(=O)Nc1ccc(F)c(C2(CF)CS(O)(O)C(C)(C)C(N)=N2)c1. The molecule has 0 saturated heterocycles. The number of halogens is 3. The number of aromatic nitrogens is 1. The molecule has 3 rings (SSSR count). The average molecular weight is 485 g/mol. The molecule has 5 N–H and O–H groups in total. The van der Waals surface area contributed by atoms with E-state index in [0.29, 0.717) is 10.6 Å². The maximum Gasteiger partial charge on any atom is 0.274 e. The number of alkyl halides is 1. The molecule has 1 aliphatic heterocycles. The van der Waals surface area contributed by atoms with Gasteiger partial charge in [-0.25, -0.2) is 13.8 Å². The Labute approximate surface area is 190 Å². The normalized spacial score (nSPS) is 22.5. The number of benzene rings is 1. The number of amides is 1. The molecule has 1 aromatic carbocycles. The van der Waals surface area contributed by atoms with Gasteiger partial charge in [-0.1, -0.05) is 24.3 Å². The maximum atomic E-state index is 14.8. The topological polar surface area (TPSA) is 121 Å². The maximum absolute atomic E-state index is 14.8. The summed E-state index contributed by atoms with van der Waals surface area (Å²) in [7, 11) is -3.47. The van der Waals surface area contributed by atoms with Gasteiger partial charge in [0.2, 0.25) is 0 Å². The van der Waals surface area contributed by atoms with Crippen LogP contribution in [0.2, 0.25) is 5.02 Å². The monoisotopic (exact) mass is 484 g/mol. The lowest BCUT2D eigenvalue weighted by Gasteiger charge is -2.53. The van der Waals surface area contributed by atoms with E-state index in [9.17, 15) is 22.7 Å². The molecule has 0 saturated carbocycles. The van der Waals surface area contributed by atoms with Crippen LogP contribution in [-0.2, 0) is 5.54 Å². The molecule has 172 valence electrons. The summed E-state index contributed by atoms with van der Waals surface area (Å²) in [6.07, 6.45) is 2.71. The number of aliphatic imine (C=N–C) groups is 1. The van der Waals surface area contributed by atoms with E-state index in [2.05, 4.69) is 21.9 Å². The number of carbonyl (C=O) groups excluding carboxylic acids is 1. The van der Waals surface area contributed by atoms with Crippen LogP contribution < -0.4 is 11.1 Å². The molecule has 2 heterocycles. The Bertz CT molecular complexity index is 1130. The van der Waals surface area contributed by atoms with Crippen molar-refractivity contribution in [3.05, 3.63) is 64.7 Å². The van der Waals surface area contributed by atoms with Gasteiger partial charge in [-0.05, 0) is 38.1 Å². The van der Waals surface area contributed by atoms with Gasteiger partial charge in [-0.3, -0.25) is 18.9 Å². The number of nitrogens with zero attached hydrogens (tertiary/aromatic N) is 2. The Morgan fingerprint density at radius 2 is 2.09 bits per heavy atom. The second-order valence-corrected chi connectivity index (χ2v) is 11.0. The first-order valence-corrected chi connectivity index (χ1v) is 11.5. The first-order chi connectivity index (χ1) is 14.9. The van der Waals surface area contributed by atoms with Crippen molar-refractivity contribution in [3.8, 4) is 0 Å². The Morgan fingerprint density at radius 1 is 1.41 bits per heavy atom. The molecule has 1 aromatic heterocycles. The van der Waals surface area contributed by atoms with Crippen LogP contribution in [0.25, 0.3) is 6.08 Å². The van der Waals surface area contributed by atoms with Crippen molar-refractivity contribution in [2.24, 2.45) is 10.7 Å². The molecule has 32 heavy (non-hydrogen) atoms. The summed E-state index contributed by atoms with van der Waals surface area (Å²) >= 11 is 5.89. The second kappa shape index (κ2) is 8.43. The highest BCUT2D eigenvalue weighted by Crippen LogP contribution is 2.59. The fourth-order valence-corrected chi connectivity index (χ4v) is 5.18. The van der Waals surface area contributed by atoms with Crippen LogP contribution in [0.3, 0.4) is 0 Å². The minimum Gasteiger partial charge on any atom is -0.386 e. The highest BCUT2D eigenvalue weighted by molar-refractivity contribution is 8.26. The molecule has 2 aromatic rings. The summed E-state index contributed by atoms with van der Waals surface area (Å²) in [6.45, 7) is 5.35. The summed E-state index contributed by atoms with van der Waals surface area (Å²) in [4.78, 5) is 20.9. The first-order valence-electron chi connectivity index (χ1n) is 9.43. The largest absolute Gasteiger partial charge is 0.386 e. The zero-order valence-corrected chi connectivity index (χ0v) is 19.0. The van der Waals surface area contributed by atoms with Crippen LogP contribution in [0.1, 0.15) is 35.5 Å². The van der Waals surface area contributed by atoms with Crippen molar-refractivity contribution in [2.45, 2.75) is 24.1 Å². The second-order valence-electron chi connectivity index (χ2n) is 7.93. The van der Waals surface area contributed by atoms with Crippen LogP contribution in [0.5, 0.6) is 0 Å². The summed E-state index contributed by atoms with van der Waals surface area (Å²) < 4.78 is 49.1. The molecule has 0 radical (unpaired) electrons. The van der Waals surface area contributed by atoms with Crippen molar-refractivity contribution in [1.82, 2.24) is 4.98 Å². The Morgan fingerprint density at radius 3 is 2.69 bits per heavy atom. The van der Waals surface area contributed by atoms with E-state index in [1.807, 2.05) is 0 Å².